The highest BCUT2D eigenvalue weighted by Crippen LogP contribution is 2.24. The lowest BCUT2D eigenvalue weighted by Crippen LogP contribution is -2.13. The van der Waals surface area contributed by atoms with E-state index in [1.54, 1.807) is 34.9 Å². The molecule has 0 amide bonds. The average Bonchev–Trinajstić information content (AvgIpc) is 2.88. The summed E-state index contributed by atoms with van der Waals surface area (Å²) >= 11 is 1.12. The normalized spacial score (nSPS) is 11.8. The Bertz CT molecular complexity index is 1030. The van der Waals surface area contributed by atoms with E-state index in [0.29, 0.717) is 12.2 Å². The molecule has 126 valence electrons. The molecule has 1 aromatic heterocycles. The van der Waals surface area contributed by atoms with Crippen LogP contribution in [0.2, 0.25) is 0 Å². The summed E-state index contributed by atoms with van der Waals surface area (Å²) in [7, 11) is -3.65. The van der Waals surface area contributed by atoms with Crippen LogP contribution in [-0.4, -0.2) is 13.0 Å². The molecule has 0 radical (unpaired) electrons. The number of anilines is 1. The van der Waals surface area contributed by atoms with Crippen molar-refractivity contribution < 1.29 is 8.42 Å². The van der Waals surface area contributed by atoms with E-state index in [2.05, 4.69) is 4.72 Å². The topological polar surface area (TPSA) is 68.2 Å². The molecule has 0 fully saturated rings. The first-order valence-corrected chi connectivity index (χ1v) is 9.99. The van der Waals surface area contributed by atoms with E-state index in [0.717, 1.165) is 33.5 Å². The van der Waals surface area contributed by atoms with Crippen LogP contribution in [0.1, 0.15) is 19.4 Å². The smallest absolute Gasteiger partial charge is 0.299 e. The largest absolute Gasteiger partial charge is 0.308 e. The summed E-state index contributed by atoms with van der Waals surface area (Å²) in [5, 5.41) is 0. The third kappa shape index (κ3) is 3.09. The Morgan fingerprint density at radius 3 is 2.42 bits per heavy atom. The van der Waals surface area contributed by atoms with E-state index in [9.17, 15) is 13.2 Å². The minimum Gasteiger partial charge on any atom is -0.299 e. The Kier molecular flexibility index (Phi) is 4.47. The van der Waals surface area contributed by atoms with Gasteiger partial charge in [0.05, 0.1) is 20.8 Å². The molecule has 3 aromatic rings. The molecule has 3 rings (SSSR count). The van der Waals surface area contributed by atoms with Gasteiger partial charge >= 0.3 is 4.87 Å². The predicted molar refractivity (Wildman–Crippen MR) is 98.4 cm³/mol. The molecule has 0 unspecified atom stereocenters. The van der Waals surface area contributed by atoms with Gasteiger partial charge in [0.25, 0.3) is 10.0 Å². The summed E-state index contributed by atoms with van der Waals surface area (Å²) in [4.78, 5) is 12.1. The second-order valence-corrected chi connectivity index (χ2v) is 8.07. The van der Waals surface area contributed by atoms with Gasteiger partial charge in [0.15, 0.2) is 0 Å². The van der Waals surface area contributed by atoms with Crippen molar-refractivity contribution in [2.24, 2.45) is 0 Å². The van der Waals surface area contributed by atoms with E-state index < -0.39 is 10.0 Å². The van der Waals surface area contributed by atoms with Gasteiger partial charge in [-0.3, -0.25) is 14.1 Å². The maximum atomic E-state index is 12.5. The van der Waals surface area contributed by atoms with E-state index in [4.69, 9.17) is 0 Å². The number of benzene rings is 2. The molecule has 24 heavy (non-hydrogen) atoms. The number of fused-ring (bicyclic) bond motifs is 1. The Balaban J connectivity index is 1.94. The zero-order chi connectivity index (χ0) is 17.3. The number of nitrogens with zero attached hydrogens (tertiary/aromatic N) is 1. The monoisotopic (exact) mass is 362 g/mol. The van der Waals surface area contributed by atoms with Crippen molar-refractivity contribution in [3.8, 4) is 0 Å². The van der Waals surface area contributed by atoms with Gasteiger partial charge in [0.2, 0.25) is 0 Å². The van der Waals surface area contributed by atoms with Crippen molar-refractivity contribution in [3.05, 3.63) is 57.7 Å². The fourth-order valence-corrected chi connectivity index (χ4v) is 4.59. The van der Waals surface area contributed by atoms with Gasteiger partial charge in [0.1, 0.15) is 0 Å². The molecule has 7 heteroatoms. The number of nitrogens with one attached hydrogen (secondary N) is 1. The summed E-state index contributed by atoms with van der Waals surface area (Å²) in [5.74, 6) is 0. The van der Waals surface area contributed by atoms with Crippen LogP contribution in [0.4, 0.5) is 5.69 Å². The summed E-state index contributed by atoms with van der Waals surface area (Å²) in [6, 6.07) is 12.0. The summed E-state index contributed by atoms with van der Waals surface area (Å²) in [6.45, 7) is 4.52. The Labute approximate surface area is 144 Å². The molecule has 2 aromatic carbocycles. The molecule has 0 aliphatic carbocycles. The molecule has 0 aliphatic rings. The maximum Gasteiger partial charge on any atom is 0.308 e. The highest BCUT2D eigenvalue weighted by molar-refractivity contribution is 7.92. The van der Waals surface area contributed by atoms with Gasteiger partial charge in [-0.05, 0) is 49.2 Å². The van der Waals surface area contributed by atoms with Crippen LogP contribution in [0.3, 0.4) is 0 Å². The van der Waals surface area contributed by atoms with Crippen LogP contribution in [-0.2, 0) is 23.0 Å². The zero-order valence-electron chi connectivity index (χ0n) is 13.4. The minimum absolute atomic E-state index is 0.0392. The predicted octanol–water partition coefficient (Wildman–Crippen LogP) is 3.45. The van der Waals surface area contributed by atoms with E-state index in [-0.39, 0.29) is 9.77 Å². The van der Waals surface area contributed by atoms with E-state index >= 15 is 0 Å². The second kappa shape index (κ2) is 6.41. The number of thiazole rings is 1. The molecule has 1 N–H and O–H groups in total. The van der Waals surface area contributed by atoms with E-state index in [1.807, 2.05) is 26.0 Å². The van der Waals surface area contributed by atoms with Crippen LogP contribution in [0.25, 0.3) is 10.2 Å². The van der Waals surface area contributed by atoms with Gasteiger partial charge in [0, 0.05) is 6.54 Å². The third-order valence-corrected chi connectivity index (χ3v) is 6.22. The first-order chi connectivity index (χ1) is 11.4. The lowest BCUT2D eigenvalue weighted by atomic mass is 10.2. The fraction of sp³-hybridized carbons (Fsp3) is 0.235. The van der Waals surface area contributed by atoms with Gasteiger partial charge in [-0.1, -0.05) is 30.4 Å². The highest BCUT2D eigenvalue weighted by Gasteiger charge is 2.15. The van der Waals surface area contributed by atoms with Gasteiger partial charge in [-0.15, -0.1) is 0 Å². The molecule has 0 bridgehead atoms. The number of rotatable bonds is 5. The molecular weight excluding hydrogens is 344 g/mol. The molecular formula is C17H18N2O3S2. The van der Waals surface area contributed by atoms with Crippen molar-refractivity contribution >= 4 is 37.3 Å². The molecule has 0 spiro atoms. The van der Waals surface area contributed by atoms with Crippen LogP contribution >= 0.6 is 11.3 Å². The maximum absolute atomic E-state index is 12.5. The van der Waals surface area contributed by atoms with Gasteiger partial charge < -0.3 is 0 Å². The third-order valence-electron chi connectivity index (χ3n) is 3.88. The summed E-state index contributed by atoms with van der Waals surface area (Å²) < 4.78 is 30.0. The minimum atomic E-state index is -3.65. The van der Waals surface area contributed by atoms with Crippen molar-refractivity contribution in [1.29, 1.82) is 0 Å². The molecule has 5 nitrogen and oxygen atoms in total. The lowest BCUT2D eigenvalue weighted by molar-refractivity contribution is 0.601. The van der Waals surface area contributed by atoms with Crippen molar-refractivity contribution in [1.82, 2.24) is 4.57 Å². The quantitative estimate of drug-likeness (QED) is 0.756. The first kappa shape index (κ1) is 16.7. The van der Waals surface area contributed by atoms with Crippen LogP contribution in [0.15, 0.2) is 52.2 Å². The molecule has 0 atom stereocenters. The Morgan fingerprint density at radius 2 is 1.79 bits per heavy atom. The number of aromatic nitrogens is 1. The van der Waals surface area contributed by atoms with Crippen molar-refractivity contribution in [2.45, 2.75) is 31.7 Å². The zero-order valence-corrected chi connectivity index (χ0v) is 15.1. The molecule has 0 saturated carbocycles. The van der Waals surface area contributed by atoms with E-state index in [1.165, 1.54) is 0 Å². The summed E-state index contributed by atoms with van der Waals surface area (Å²) in [6.07, 6.45) is 0.859. The molecule has 0 aliphatic heterocycles. The van der Waals surface area contributed by atoms with Crippen LogP contribution in [0, 0.1) is 0 Å². The van der Waals surface area contributed by atoms with Gasteiger partial charge in [-0.25, -0.2) is 8.42 Å². The SMILES string of the molecule is CCc1ccc(S(=O)(=O)Nc2ccc3c(c2)sc(=O)n3CC)cc1. The standard InChI is InChI=1S/C17H18N2O3S2/c1-3-12-5-8-14(9-6-12)24(21,22)18-13-7-10-15-16(11-13)23-17(20)19(15)4-2/h5-11,18H,3-4H2,1-2H3. The average molecular weight is 362 g/mol. The van der Waals surface area contributed by atoms with Crippen LogP contribution in [0.5, 0.6) is 0 Å². The number of hydrogen-bond acceptors (Lipinski definition) is 4. The van der Waals surface area contributed by atoms with Gasteiger partial charge in [-0.2, -0.15) is 0 Å². The van der Waals surface area contributed by atoms with Crippen LogP contribution < -0.4 is 9.60 Å². The lowest BCUT2D eigenvalue weighted by Gasteiger charge is -2.09. The number of hydrogen-bond donors (Lipinski definition) is 1. The summed E-state index contributed by atoms with van der Waals surface area (Å²) in [5.41, 5.74) is 2.36. The highest BCUT2D eigenvalue weighted by atomic mass is 32.2. The van der Waals surface area contributed by atoms with Crippen molar-refractivity contribution in [2.75, 3.05) is 4.72 Å². The molecule has 0 saturated heterocycles. The number of aryl methyl sites for hydroxylation is 2. The molecule has 1 heterocycles. The Hall–Kier alpha value is -2.12. The van der Waals surface area contributed by atoms with Crippen molar-refractivity contribution in [3.63, 3.8) is 0 Å². The second-order valence-electron chi connectivity index (χ2n) is 5.40. The first-order valence-electron chi connectivity index (χ1n) is 7.69. The fourth-order valence-electron chi connectivity index (χ4n) is 2.55. The Morgan fingerprint density at radius 1 is 1.08 bits per heavy atom. The number of sulfonamides is 1.